The van der Waals surface area contributed by atoms with E-state index in [4.69, 9.17) is 5.11 Å². The maximum Gasteiger partial charge on any atom is 0.303 e. The molecule has 0 aliphatic heterocycles. The van der Waals surface area contributed by atoms with Crippen molar-refractivity contribution in [2.75, 3.05) is 0 Å². The van der Waals surface area contributed by atoms with Crippen LogP contribution in [-0.4, -0.2) is 11.1 Å². The van der Waals surface area contributed by atoms with E-state index in [2.05, 4.69) is 31.2 Å². The molecule has 0 saturated heterocycles. The molecule has 0 saturated carbocycles. The van der Waals surface area contributed by atoms with Gasteiger partial charge in [0.2, 0.25) is 0 Å². The normalized spacial score (nSPS) is 11.6. The molecule has 0 amide bonds. The quantitative estimate of drug-likeness (QED) is 0.387. The second-order valence-electron chi connectivity index (χ2n) is 4.66. The Hall–Kier alpha value is -1.05. The number of aliphatic carboxylic acids is 1. The summed E-state index contributed by atoms with van der Waals surface area (Å²) < 4.78 is 0. The van der Waals surface area contributed by atoms with Crippen LogP contribution >= 0.6 is 0 Å². The third kappa shape index (κ3) is 14.9. The van der Waals surface area contributed by atoms with Crippen LogP contribution in [0.15, 0.2) is 24.3 Å². The first-order valence-electron chi connectivity index (χ1n) is 7.29. The fraction of sp³-hybridized carbons (Fsp3) is 0.688. The summed E-state index contributed by atoms with van der Waals surface area (Å²) in [6, 6.07) is 0. The molecule has 104 valence electrons. The molecule has 0 rings (SSSR count). The Morgan fingerprint density at radius 3 is 1.72 bits per heavy atom. The highest BCUT2D eigenvalue weighted by molar-refractivity contribution is 5.66. The third-order valence-electron chi connectivity index (χ3n) is 2.79. The highest BCUT2D eigenvalue weighted by Crippen LogP contribution is 2.05. The van der Waals surface area contributed by atoms with E-state index in [0.29, 0.717) is 6.42 Å². The van der Waals surface area contributed by atoms with Gasteiger partial charge in [0.15, 0.2) is 0 Å². The topological polar surface area (TPSA) is 37.3 Å². The molecule has 0 heterocycles. The molecule has 0 radical (unpaired) electrons. The number of hydrogen-bond donors (Lipinski definition) is 1. The van der Waals surface area contributed by atoms with Crippen molar-refractivity contribution in [1.82, 2.24) is 0 Å². The average molecular weight is 252 g/mol. The number of carboxylic acids is 1. The van der Waals surface area contributed by atoms with E-state index in [0.717, 1.165) is 25.7 Å². The first-order valence-corrected chi connectivity index (χ1v) is 7.29. The Morgan fingerprint density at radius 1 is 0.833 bits per heavy atom. The molecule has 0 bridgehead atoms. The Bertz CT molecular complexity index is 241. The van der Waals surface area contributed by atoms with Gasteiger partial charge < -0.3 is 5.11 Å². The Balaban J connectivity index is 3.16. The van der Waals surface area contributed by atoms with Crippen molar-refractivity contribution in [3.8, 4) is 0 Å². The zero-order valence-corrected chi connectivity index (χ0v) is 11.7. The van der Waals surface area contributed by atoms with Gasteiger partial charge in [-0.15, -0.1) is 0 Å². The monoisotopic (exact) mass is 252 g/mol. The van der Waals surface area contributed by atoms with E-state index in [1.54, 1.807) is 0 Å². The first-order chi connectivity index (χ1) is 8.77. The van der Waals surface area contributed by atoms with Crippen LogP contribution in [0.3, 0.4) is 0 Å². The minimum atomic E-state index is -0.685. The lowest BCUT2D eigenvalue weighted by Crippen LogP contribution is -1.92. The van der Waals surface area contributed by atoms with Gasteiger partial charge in [0.05, 0.1) is 0 Å². The molecule has 2 nitrogen and oxygen atoms in total. The van der Waals surface area contributed by atoms with E-state index >= 15 is 0 Å². The van der Waals surface area contributed by atoms with Crippen LogP contribution in [0, 0.1) is 0 Å². The summed E-state index contributed by atoms with van der Waals surface area (Å²) in [6.45, 7) is 2.20. The van der Waals surface area contributed by atoms with Gasteiger partial charge in [-0.05, 0) is 51.4 Å². The molecule has 0 aromatic carbocycles. The number of rotatable bonds is 12. The lowest BCUT2D eigenvalue weighted by molar-refractivity contribution is -0.137. The predicted molar refractivity (Wildman–Crippen MR) is 77.8 cm³/mol. The van der Waals surface area contributed by atoms with E-state index in [1.165, 1.54) is 32.1 Å². The summed E-state index contributed by atoms with van der Waals surface area (Å²) >= 11 is 0. The van der Waals surface area contributed by atoms with Crippen LogP contribution in [0.5, 0.6) is 0 Å². The van der Waals surface area contributed by atoms with Crippen LogP contribution < -0.4 is 0 Å². The summed E-state index contributed by atoms with van der Waals surface area (Å²) in [4.78, 5) is 10.3. The molecule has 0 unspecified atom stereocenters. The minimum absolute atomic E-state index is 0.304. The van der Waals surface area contributed by atoms with Crippen molar-refractivity contribution in [3.63, 3.8) is 0 Å². The van der Waals surface area contributed by atoms with Crippen molar-refractivity contribution in [2.45, 2.75) is 71.1 Å². The highest BCUT2D eigenvalue weighted by atomic mass is 16.4. The summed E-state index contributed by atoms with van der Waals surface area (Å²) in [7, 11) is 0. The average Bonchev–Trinajstić information content (AvgIpc) is 2.34. The lowest BCUT2D eigenvalue weighted by atomic mass is 10.1. The second-order valence-corrected chi connectivity index (χ2v) is 4.66. The smallest absolute Gasteiger partial charge is 0.303 e. The standard InChI is InChI=1S/C16H28O2/c1-2-3-4-5-6-7-8-9-10-11-12-13-14-15-16(17)18/h4-5,10-11H,2-3,6-9,12-15H2,1H3,(H,17,18)/b5-4?,11-10-. The molecule has 2 heteroatoms. The maximum atomic E-state index is 10.3. The Labute approximate surface area is 112 Å². The summed E-state index contributed by atoms with van der Waals surface area (Å²) in [5.41, 5.74) is 0. The molecule has 0 spiro atoms. The number of carboxylic acid groups (broad SMARTS) is 1. The van der Waals surface area contributed by atoms with Gasteiger partial charge in [-0.25, -0.2) is 0 Å². The molecular formula is C16H28O2. The lowest BCUT2D eigenvalue weighted by Gasteiger charge is -1.95. The van der Waals surface area contributed by atoms with Crippen molar-refractivity contribution in [3.05, 3.63) is 24.3 Å². The van der Waals surface area contributed by atoms with E-state index in [1.807, 2.05) is 0 Å². The van der Waals surface area contributed by atoms with Crippen LogP contribution in [0.2, 0.25) is 0 Å². The molecular weight excluding hydrogens is 224 g/mol. The number of allylic oxidation sites excluding steroid dienone is 4. The SMILES string of the molecule is CCCC=CCCCC/C=C\CCCCC(=O)O. The highest BCUT2D eigenvalue weighted by Gasteiger charge is 1.94. The van der Waals surface area contributed by atoms with E-state index in [9.17, 15) is 4.79 Å². The molecule has 0 aliphatic carbocycles. The van der Waals surface area contributed by atoms with Gasteiger partial charge in [0, 0.05) is 6.42 Å². The van der Waals surface area contributed by atoms with Gasteiger partial charge in [0.25, 0.3) is 0 Å². The van der Waals surface area contributed by atoms with E-state index < -0.39 is 5.97 Å². The van der Waals surface area contributed by atoms with Crippen LogP contribution in [0.4, 0.5) is 0 Å². The van der Waals surface area contributed by atoms with Crippen molar-refractivity contribution in [1.29, 1.82) is 0 Å². The second kappa shape index (κ2) is 14.0. The van der Waals surface area contributed by atoms with Crippen molar-refractivity contribution in [2.24, 2.45) is 0 Å². The molecule has 18 heavy (non-hydrogen) atoms. The van der Waals surface area contributed by atoms with E-state index in [-0.39, 0.29) is 0 Å². The van der Waals surface area contributed by atoms with Gasteiger partial charge >= 0.3 is 5.97 Å². The molecule has 0 aliphatic rings. The molecule has 0 fully saturated rings. The summed E-state index contributed by atoms with van der Waals surface area (Å²) in [6.07, 6.45) is 19.4. The van der Waals surface area contributed by atoms with Crippen LogP contribution in [0.25, 0.3) is 0 Å². The zero-order chi connectivity index (χ0) is 13.5. The molecule has 0 aromatic heterocycles. The van der Waals surface area contributed by atoms with Gasteiger partial charge in [-0.2, -0.15) is 0 Å². The number of unbranched alkanes of at least 4 members (excludes halogenated alkanes) is 6. The van der Waals surface area contributed by atoms with Gasteiger partial charge in [-0.1, -0.05) is 37.6 Å². The molecule has 0 aromatic rings. The largest absolute Gasteiger partial charge is 0.481 e. The first kappa shape index (κ1) is 16.9. The van der Waals surface area contributed by atoms with Gasteiger partial charge in [-0.3, -0.25) is 4.79 Å². The van der Waals surface area contributed by atoms with Crippen molar-refractivity contribution >= 4 is 5.97 Å². The number of carbonyl (C=O) groups is 1. The molecule has 1 N–H and O–H groups in total. The Kier molecular flexibility index (Phi) is 13.2. The minimum Gasteiger partial charge on any atom is -0.481 e. The molecule has 0 atom stereocenters. The summed E-state index contributed by atoms with van der Waals surface area (Å²) in [5.74, 6) is -0.685. The maximum absolute atomic E-state index is 10.3. The van der Waals surface area contributed by atoms with Crippen LogP contribution in [-0.2, 0) is 4.79 Å². The Morgan fingerprint density at radius 2 is 1.28 bits per heavy atom. The summed E-state index contributed by atoms with van der Waals surface area (Å²) in [5, 5.41) is 8.47. The predicted octanol–water partition coefficient (Wildman–Crippen LogP) is 5.10. The zero-order valence-electron chi connectivity index (χ0n) is 11.7. The number of hydrogen-bond acceptors (Lipinski definition) is 1. The fourth-order valence-corrected chi connectivity index (χ4v) is 1.70. The fourth-order valence-electron chi connectivity index (χ4n) is 1.70. The van der Waals surface area contributed by atoms with Crippen LogP contribution in [0.1, 0.15) is 71.1 Å². The third-order valence-corrected chi connectivity index (χ3v) is 2.79. The van der Waals surface area contributed by atoms with Gasteiger partial charge in [0.1, 0.15) is 0 Å². The van der Waals surface area contributed by atoms with Crippen molar-refractivity contribution < 1.29 is 9.90 Å².